The third kappa shape index (κ3) is 2.84. The van der Waals surface area contributed by atoms with Crippen LogP contribution in [0.4, 0.5) is 4.79 Å². The van der Waals surface area contributed by atoms with E-state index in [0.717, 1.165) is 12.0 Å². The monoisotopic (exact) mass is 313 g/mol. The van der Waals surface area contributed by atoms with Crippen molar-refractivity contribution in [2.45, 2.75) is 38.8 Å². The minimum Gasteiger partial charge on any atom is -0.356 e. The number of rotatable bonds is 5. The Bertz CT molecular complexity index is 726. The highest BCUT2D eigenvalue weighted by atomic mass is 16.5. The molecule has 3 amide bonds. The minimum atomic E-state index is -0.822. The highest BCUT2D eigenvalue weighted by Gasteiger charge is 2.47. The summed E-state index contributed by atoms with van der Waals surface area (Å²) in [7, 11) is 0. The van der Waals surface area contributed by atoms with Crippen LogP contribution >= 0.6 is 0 Å². The molecule has 1 saturated heterocycles. The van der Waals surface area contributed by atoms with E-state index in [1.807, 2.05) is 37.3 Å². The molecule has 6 heteroatoms. The number of nitrogens with zero attached hydrogens (tertiary/aromatic N) is 2. The highest BCUT2D eigenvalue weighted by molar-refractivity contribution is 6.06. The van der Waals surface area contributed by atoms with E-state index in [-0.39, 0.29) is 18.5 Å². The van der Waals surface area contributed by atoms with E-state index in [0.29, 0.717) is 17.9 Å². The Kier molecular flexibility index (Phi) is 3.90. The van der Waals surface area contributed by atoms with Crippen molar-refractivity contribution in [3.05, 3.63) is 42.1 Å². The number of urea groups is 1. The molecule has 1 aromatic heterocycles. The Hall–Kier alpha value is -2.63. The van der Waals surface area contributed by atoms with Gasteiger partial charge >= 0.3 is 6.03 Å². The summed E-state index contributed by atoms with van der Waals surface area (Å²) in [5.41, 5.74) is 0.630. The molecule has 0 saturated carbocycles. The first kappa shape index (κ1) is 15.3. The Morgan fingerprint density at radius 3 is 2.70 bits per heavy atom. The van der Waals surface area contributed by atoms with E-state index in [1.165, 1.54) is 4.90 Å². The molecule has 0 radical (unpaired) electrons. The van der Waals surface area contributed by atoms with Gasteiger partial charge in [0.1, 0.15) is 11.2 Å². The average Bonchev–Trinajstić information content (AvgIpc) is 3.08. The van der Waals surface area contributed by atoms with E-state index >= 15 is 0 Å². The van der Waals surface area contributed by atoms with Gasteiger partial charge in [0.05, 0.1) is 6.54 Å². The van der Waals surface area contributed by atoms with E-state index in [9.17, 15) is 9.59 Å². The van der Waals surface area contributed by atoms with Gasteiger partial charge in [-0.1, -0.05) is 48.8 Å². The van der Waals surface area contributed by atoms with Crippen LogP contribution in [0, 0.1) is 0 Å². The Labute approximate surface area is 134 Å². The number of imide groups is 1. The fraction of sp³-hybridized carbons (Fsp3) is 0.353. The van der Waals surface area contributed by atoms with Crippen LogP contribution in [-0.4, -0.2) is 27.5 Å². The van der Waals surface area contributed by atoms with Crippen LogP contribution in [0.15, 0.2) is 40.9 Å². The molecule has 0 aliphatic carbocycles. The number of benzene rings is 1. The van der Waals surface area contributed by atoms with Gasteiger partial charge in [-0.3, -0.25) is 9.69 Å². The van der Waals surface area contributed by atoms with Crippen molar-refractivity contribution in [2.75, 3.05) is 0 Å². The zero-order valence-corrected chi connectivity index (χ0v) is 13.2. The van der Waals surface area contributed by atoms with E-state index in [1.54, 1.807) is 13.0 Å². The van der Waals surface area contributed by atoms with Crippen molar-refractivity contribution in [1.29, 1.82) is 0 Å². The maximum atomic E-state index is 12.5. The highest BCUT2D eigenvalue weighted by Crippen LogP contribution is 2.25. The zero-order chi connectivity index (χ0) is 16.4. The van der Waals surface area contributed by atoms with Crippen molar-refractivity contribution < 1.29 is 14.1 Å². The first-order valence-electron chi connectivity index (χ1n) is 7.68. The Morgan fingerprint density at radius 2 is 2.00 bits per heavy atom. The first-order valence-corrected chi connectivity index (χ1v) is 7.68. The quantitative estimate of drug-likeness (QED) is 0.861. The summed E-state index contributed by atoms with van der Waals surface area (Å²) >= 11 is 0. The van der Waals surface area contributed by atoms with Crippen LogP contribution in [0.2, 0.25) is 0 Å². The van der Waals surface area contributed by atoms with Crippen molar-refractivity contribution in [3.8, 4) is 11.3 Å². The van der Waals surface area contributed by atoms with Gasteiger partial charge in [-0.05, 0) is 13.3 Å². The van der Waals surface area contributed by atoms with E-state index < -0.39 is 5.54 Å². The molecule has 1 N–H and O–H groups in total. The second-order valence-corrected chi connectivity index (χ2v) is 5.95. The second kappa shape index (κ2) is 5.87. The molecule has 0 bridgehead atoms. The molecule has 1 aliphatic rings. The van der Waals surface area contributed by atoms with Crippen LogP contribution < -0.4 is 5.32 Å². The Balaban J connectivity index is 1.77. The summed E-state index contributed by atoms with van der Waals surface area (Å²) in [5.74, 6) is 0.401. The number of amides is 3. The third-order valence-electron chi connectivity index (χ3n) is 4.03. The lowest BCUT2D eigenvalue weighted by Crippen LogP contribution is -2.43. The first-order chi connectivity index (χ1) is 11.0. The van der Waals surface area contributed by atoms with Crippen molar-refractivity contribution in [3.63, 3.8) is 0 Å². The SMILES string of the molecule is CCC[C@]1(C)NC(=O)N(Cc2cc(-c3ccccc3)on2)C1=O. The molecule has 6 nitrogen and oxygen atoms in total. The number of hydrogen-bond acceptors (Lipinski definition) is 4. The fourth-order valence-electron chi connectivity index (χ4n) is 2.85. The van der Waals surface area contributed by atoms with E-state index in [2.05, 4.69) is 10.5 Å². The summed E-state index contributed by atoms with van der Waals surface area (Å²) in [6.07, 6.45) is 1.43. The molecule has 23 heavy (non-hydrogen) atoms. The zero-order valence-electron chi connectivity index (χ0n) is 13.2. The van der Waals surface area contributed by atoms with Crippen molar-refractivity contribution >= 4 is 11.9 Å². The molecule has 120 valence electrons. The van der Waals surface area contributed by atoms with Crippen LogP contribution in [-0.2, 0) is 11.3 Å². The number of carbonyl (C=O) groups is 2. The molecule has 3 rings (SSSR count). The summed E-state index contributed by atoms with van der Waals surface area (Å²) in [5, 5.41) is 6.74. The maximum Gasteiger partial charge on any atom is 0.325 e. The standard InChI is InChI=1S/C17H19N3O3/c1-3-9-17(2)15(21)20(16(22)18-17)11-13-10-14(23-19-13)12-7-5-4-6-8-12/h4-8,10H,3,9,11H2,1-2H3,(H,18,22)/t17-/m0/s1. The second-order valence-electron chi connectivity index (χ2n) is 5.95. The predicted octanol–water partition coefficient (Wildman–Crippen LogP) is 2.95. The minimum absolute atomic E-state index is 0.111. The van der Waals surface area contributed by atoms with Gasteiger partial charge in [-0.2, -0.15) is 0 Å². The molecule has 1 aromatic carbocycles. The number of nitrogens with one attached hydrogen (secondary N) is 1. The number of hydrogen-bond donors (Lipinski definition) is 1. The molecule has 1 aliphatic heterocycles. The molecular weight excluding hydrogens is 294 g/mol. The molecule has 2 aromatic rings. The number of carbonyl (C=O) groups excluding carboxylic acids is 2. The van der Waals surface area contributed by atoms with Gasteiger partial charge in [-0.15, -0.1) is 0 Å². The van der Waals surface area contributed by atoms with Gasteiger partial charge < -0.3 is 9.84 Å². The summed E-state index contributed by atoms with van der Waals surface area (Å²) in [4.78, 5) is 25.8. The molecule has 0 spiro atoms. The lowest BCUT2D eigenvalue weighted by atomic mass is 9.96. The van der Waals surface area contributed by atoms with Crippen LogP contribution in [0.3, 0.4) is 0 Å². The fourth-order valence-corrected chi connectivity index (χ4v) is 2.85. The average molecular weight is 313 g/mol. The topological polar surface area (TPSA) is 75.4 Å². The molecular formula is C17H19N3O3. The van der Waals surface area contributed by atoms with Crippen LogP contribution in [0.25, 0.3) is 11.3 Å². The molecule has 0 unspecified atom stereocenters. The lowest BCUT2D eigenvalue weighted by molar-refractivity contribution is -0.131. The van der Waals surface area contributed by atoms with Crippen LogP contribution in [0.1, 0.15) is 32.4 Å². The Morgan fingerprint density at radius 1 is 1.26 bits per heavy atom. The lowest BCUT2D eigenvalue weighted by Gasteiger charge is -2.20. The summed E-state index contributed by atoms with van der Waals surface area (Å²) in [6.45, 7) is 3.85. The predicted molar refractivity (Wildman–Crippen MR) is 84.3 cm³/mol. The van der Waals surface area contributed by atoms with Crippen LogP contribution in [0.5, 0.6) is 0 Å². The van der Waals surface area contributed by atoms with Gasteiger partial charge in [0.2, 0.25) is 0 Å². The summed E-state index contributed by atoms with van der Waals surface area (Å²) in [6, 6.07) is 10.9. The van der Waals surface area contributed by atoms with Gasteiger partial charge in [0.15, 0.2) is 5.76 Å². The third-order valence-corrected chi connectivity index (χ3v) is 4.03. The van der Waals surface area contributed by atoms with Crippen molar-refractivity contribution in [1.82, 2.24) is 15.4 Å². The molecule has 2 heterocycles. The molecule has 1 atom stereocenters. The summed E-state index contributed by atoms with van der Waals surface area (Å²) < 4.78 is 5.31. The van der Waals surface area contributed by atoms with Gasteiger partial charge in [0, 0.05) is 11.6 Å². The van der Waals surface area contributed by atoms with Gasteiger partial charge in [0.25, 0.3) is 5.91 Å². The van der Waals surface area contributed by atoms with Gasteiger partial charge in [-0.25, -0.2) is 4.79 Å². The molecule has 1 fully saturated rings. The van der Waals surface area contributed by atoms with E-state index in [4.69, 9.17) is 4.52 Å². The maximum absolute atomic E-state index is 12.5. The smallest absolute Gasteiger partial charge is 0.325 e. The normalized spacial score (nSPS) is 20.9. The largest absolute Gasteiger partial charge is 0.356 e. The number of aromatic nitrogens is 1. The van der Waals surface area contributed by atoms with Crippen molar-refractivity contribution in [2.24, 2.45) is 0 Å².